The van der Waals surface area contributed by atoms with Crippen molar-refractivity contribution in [3.05, 3.63) is 95.1 Å². The van der Waals surface area contributed by atoms with Crippen LogP contribution in [0.4, 0.5) is 45.5 Å². The molecule has 23 heteroatoms. The van der Waals surface area contributed by atoms with E-state index in [9.17, 15) is 70.8 Å². The van der Waals surface area contributed by atoms with E-state index in [-0.39, 0.29) is 29.2 Å². The zero-order valence-corrected chi connectivity index (χ0v) is 17.6. The normalized spacial score (nSPS) is 11.2. The van der Waals surface area contributed by atoms with Gasteiger partial charge in [-0.25, -0.2) is 0 Å². The number of nitrogens with zero attached hydrogens (tertiary/aromatic N) is 8. The standard InChI is InChI=1S/C14H8N8O15/c1-6(37-22(35)36)15(13-9(18(27)28)2-7(16(23)24)3-10(13)19(29)30)14-11(20(31)32)4-8(17(25)26)5-12(14)21(33)34/h2-6H,1H3. The predicted molar refractivity (Wildman–Crippen MR) is 112 cm³/mol. The van der Waals surface area contributed by atoms with Crippen molar-refractivity contribution in [2.75, 3.05) is 4.90 Å². The summed E-state index contributed by atoms with van der Waals surface area (Å²) in [4.78, 5) is 76.1. The molecule has 0 aliphatic carbocycles. The average molecular weight is 528 g/mol. The fourth-order valence-electron chi connectivity index (χ4n) is 3.09. The molecular weight excluding hydrogens is 520 g/mol. The van der Waals surface area contributed by atoms with Gasteiger partial charge in [-0.1, -0.05) is 0 Å². The van der Waals surface area contributed by atoms with Crippen molar-refractivity contribution in [3.63, 3.8) is 0 Å². The third kappa shape index (κ3) is 5.34. The third-order valence-electron chi connectivity index (χ3n) is 4.40. The van der Waals surface area contributed by atoms with E-state index in [2.05, 4.69) is 4.84 Å². The molecule has 0 radical (unpaired) electrons. The Morgan fingerprint density at radius 1 is 0.568 bits per heavy atom. The highest BCUT2D eigenvalue weighted by Crippen LogP contribution is 2.51. The lowest BCUT2D eigenvalue weighted by Gasteiger charge is -2.28. The van der Waals surface area contributed by atoms with Crippen molar-refractivity contribution >= 4 is 45.5 Å². The molecule has 2 aromatic rings. The molecule has 0 aromatic heterocycles. The first-order valence-electron chi connectivity index (χ1n) is 8.91. The van der Waals surface area contributed by atoms with Crippen molar-refractivity contribution < 1.29 is 39.5 Å². The van der Waals surface area contributed by atoms with E-state index < -0.39 is 86.4 Å². The first-order valence-corrected chi connectivity index (χ1v) is 8.91. The van der Waals surface area contributed by atoms with Gasteiger partial charge in [0, 0.05) is 0 Å². The Balaban J connectivity index is 3.25. The summed E-state index contributed by atoms with van der Waals surface area (Å²) in [6.07, 6.45) is -2.35. The summed E-state index contributed by atoms with van der Waals surface area (Å²) < 4.78 is 0. The highest BCUT2D eigenvalue weighted by molar-refractivity contribution is 5.90. The van der Waals surface area contributed by atoms with E-state index in [1.165, 1.54) is 0 Å². The van der Waals surface area contributed by atoms with E-state index in [4.69, 9.17) is 0 Å². The van der Waals surface area contributed by atoms with E-state index in [0.29, 0.717) is 6.92 Å². The molecule has 194 valence electrons. The molecule has 0 aliphatic rings. The number of anilines is 2. The molecule has 1 atom stereocenters. The largest absolute Gasteiger partial charge is 0.306 e. The molecule has 0 aliphatic heterocycles. The average Bonchev–Trinajstić information content (AvgIpc) is 2.77. The van der Waals surface area contributed by atoms with Crippen LogP contribution < -0.4 is 4.90 Å². The van der Waals surface area contributed by atoms with Crippen molar-refractivity contribution in [2.45, 2.75) is 13.2 Å². The fourth-order valence-corrected chi connectivity index (χ4v) is 3.09. The van der Waals surface area contributed by atoms with Gasteiger partial charge >= 0.3 is 22.7 Å². The van der Waals surface area contributed by atoms with Gasteiger partial charge in [-0.15, -0.1) is 10.1 Å². The summed E-state index contributed by atoms with van der Waals surface area (Å²) in [6, 6.07) is 0.600. The molecule has 2 aromatic carbocycles. The Labute approximate surface area is 199 Å². The minimum atomic E-state index is -2.35. The number of benzene rings is 2. The van der Waals surface area contributed by atoms with Crippen LogP contribution in [0.5, 0.6) is 0 Å². The maximum absolute atomic E-state index is 11.7. The van der Waals surface area contributed by atoms with Crippen LogP contribution in [-0.2, 0) is 4.84 Å². The number of rotatable bonds is 11. The SMILES string of the molecule is CC(O[N+](=O)[O-])N(c1c([N+](=O)[O-])cc([N+](=O)[O-])cc1[N+](=O)[O-])c1c([N+](=O)[O-])cc([N+](=O)[O-])cc1[N+](=O)[O-]. The minimum Gasteiger partial charge on any atom is -0.292 e. The summed E-state index contributed by atoms with van der Waals surface area (Å²) in [5.74, 6) is 0. The van der Waals surface area contributed by atoms with Gasteiger partial charge in [-0.2, -0.15) is 0 Å². The van der Waals surface area contributed by atoms with Crippen molar-refractivity contribution in [1.29, 1.82) is 0 Å². The van der Waals surface area contributed by atoms with E-state index in [1.54, 1.807) is 0 Å². The fraction of sp³-hybridized carbons (Fsp3) is 0.143. The molecule has 37 heavy (non-hydrogen) atoms. The number of hydrogen-bond acceptors (Lipinski definition) is 16. The molecule has 0 fully saturated rings. The third-order valence-corrected chi connectivity index (χ3v) is 4.40. The Hall–Kier alpha value is -6.16. The second-order valence-electron chi connectivity index (χ2n) is 6.51. The highest BCUT2D eigenvalue weighted by Gasteiger charge is 2.44. The van der Waals surface area contributed by atoms with Gasteiger partial charge in [0.15, 0.2) is 6.23 Å². The molecule has 2 rings (SSSR count). The highest BCUT2D eigenvalue weighted by atomic mass is 17.0. The van der Waals surface area contributed by atoms with Crippen LogP contribution in [0.3, 0.4) is 0 Å². The second-order valence-corrected chi connectivity index (χ2v) is 6.51. The minimum absolute atomic E-state index is 0.0667. The lowest BCUT2D eigenvalue weighted by molar-refractivity contribution is -0.767. The summed E-state index contributed by atoms with van der Waals surface area (Å²) in [5, 5.41) is 78.7. The van der Waals surface area contributed by atoms with Crippen molar-refractivity contribution in [1.82, 2.24) is 0 Å². The second kappa shape index (κ2) is 9.99. The summed E-state index contributed by atoms with van der Waals surface area (Å²) >= 11 is 0. The van der Waals surface area contributed by atoms with Crippen molar-refractivity contribution in [2.24, 2.45) is 0 Å². The summed E-state index contributed by atoms with van der Waals surface area (Å²) in [7, 11) is 0. The molecule has 0 N–H and O–H groups in total. The quantitative estimate of drug-likeness (QED) is 0.230. The van der Waals surface area contributed by atoms with Crippen LogP contribution in [0, 0.1) is 70.8 Å². The molecule has 0 bridgehead atoms. The van der Waals surface area contributed by atoms with Crippen LogP contribution in [0.1, 0.15) is 6.92 Å². The summed E-state index contributed by atoms with van der Waals surface area (Å²) in [5.41, 5.74) is -11.5. The number of nitro groups is 6. The molecule has 0 saturated heterocycles. The number of nitro benzene ring substituents is 6. The Morgan fingerprint density at radius 3 is 1.03 bits per heavy atom. The van der Waals surface area contributed by atoms with Gasteiger partial charge in [0.2, 0.25) is 11.4 Å². The van der Waals surface area contributed by atoms with Crippen LogP contribution in [0.25, 0.3) is 0 Å². The van der Waals surface area contributed by atoms with Gasteiger partial charge < -0.3 is 0 Å². The smallest absolute Gasteiger partial charge is 0.292 e. The molecule has 23 nitrogen and oxygen atoms in total. The van der Waals surface area contributed by atoms with Gasteiger partial charge in [0.05, 0.1) is 53.8 Å². The van der Waals surface area contributed by atoms with Crippen LogP contribution in [-0.4, -0.2) is 40.9 Å². The zero-order chi connectivity index (χ0) is 28.4. The number of hydrogen-bond donors (Lipinski definition) is 0. The Bertz CT molecular complexity index is 1230. The first kappa shape index (κ1) is 27.1. The monoisotopic (exact) mass is 528 g/mol. The maximum atomic E-state index is 11.7. The van der Waals surface area contributed by atoms with Crippen LogP contribution >= 0.6 is 0 Å². The first-order chi connectivity index (χ1) is 17.1. The maximum Gasteiger partial charge on any atom is 0.306 e. The van der Waals surface area contributed by atoms with E-state index in [1.807, 2.05) is 0 Å². The molecule has 0 amide bonds. The molecule has 0 spiro atoms. The van der Waals surface area contributed by atoms with Crippen LogP contribution in [0.15, 0.2) is 24.3 Å². The molecule has 0 saturated carbocycles. The van der Waals surface area contributed by atoms with Gasteiger partial charge in [-0.05, 0) is 6.92 Å². The van der Waals surface area contributed by atoms with E-state index >= 15 is 0 Å². The Morgan fingerprint density at radius 2 is 0.838 bits per heavy atom. The lowest BCUT2D eigenvalue weighted by atomic mass is 10.1. The Kier molecular flexibility index (Phi) is 7.31. The van der Waals surface area contributed by atoms with Gasteiger partial charge in [0.25, 0.3) is 16.5 Å². The van der Waals surface area contributed by atoms with E-state index in [0.717, 1.165) is 0 Å². The lowest BCUT2D eigenvalue weighted by Crippen LogP contribution is -2.34. The predicted octanol–water partition coefficient (Wildman–Crippen LogP) is 2.83. The van der Waals surface area contributed by atoms with Gasteiger partial charge in [-0.3, -0.25) is 70.4 Å². The molecule has 0 heterocycles. The van der Waals surface area contributed by atoms with Crippen molar-refractivity contribution in [3.8, 4) is 0 Å². The van der Waals surface area contributed by atoms with Crippen LogP contribution in [0.2, 0.25) is 0 Å². The number of non-ortho nitro benzene ring substituents is 2. The molecule has 1 unspecified atom stereocenters. The topological polar surface area (TPSA) is 314 Å². The summed E-state index contributed by atoms with van der Waals surface area (Å²) in [6.45, 7) is 0.645. The zero-order valence-electron chi connectivity index (χ0n) is 17.6. The van der Waals surface area contributed by atoms with Gasteiger partial charge in [0.1, 0.15) is 0 Å². The molecular formula is C14H8N8O15.